The molecule has 2 aromatic rings. The average Bonchev–Trinajstić information content (AvgIpc) is 2.52. The Morgan fingerprint density at radius 3 is 2.40 bits per heavy atom. The monoisotopic (exact) mass is 283 g/mol. The predicted molar refractivity (Wildman–Crippen MR) is 83.0 cm³/mol. The molecule has 0 aliphatic heterocycles. The number of carbonyl (C=O) groups is 1. The van der Waals surface area contributed by atoms with Crippen LogP contribution in [-0.4, -0.2) is 18.8 Å². The first-order chi connectivity index (χ1) is 9.72. The van der Waals surface area contributed by atoms with Gasteiger partial charge >= 0.3 is 0 Å². The molecule has 0 saturated carbocycles. The fraction of sp³-hybridized carbons (Fsp3) is 0.118. The van der Waals surface area contributed by atoms with E-state index in [-0.39, 0.29) is 11.8 Å². The highest BCUT2D eigenvalue weighted by Crippen LogP contribution is 2.18. The molecule has 2 aromatic carbocycles. The second-order valence-electron chi connectivity index (χ2n) is 4.22. The summed E-state index contributed by atoms with van der Waals surface area (Å²) >= 11 is 5.59. The number of para-hydroxylation sites is 1. The van der Waals surface area contributed by atoms with Gasteiger partial charge < -0.3 is 4.90 Å². The van der Waals surface area contributed by atoms with Gasteiger partial charge in [-0.15, -0.1) is 11.6 Å². The Hall–Kier alpha value is -2.24. The van der Waals surface area contributed by atoms with Gasteiger partial charge in [-0.3, -0.25) is 4.79 Å². The number of halogens is 1. The van der Waals surface area contributed by atoms with Crippen LogP contribution in [0.15, 0.2) is 54.6 Å². The third kappa shape index (κ3) is 3.40. The predicted octanol–water partition coefficient (Wildman–Crippen LogP) is 3.29. The van der Waals surface area contributed by atoms with Gasteiger partial charge in [-0.05, 0) is 24.3 Å². The molecule has 0 spiro atoms. The molecule has 1 amide bonds. The molecule has 0 aromatic heterocycles. The highest BCUT2D eigenvalue weighted by Gasteiger charge is 2.11. The summed E-state index contributed by atoms with van der Waals surface area (Å²) in [6.07, 6.45) is 0. The molecule has 0 heterocycles. The fourth-order valence-corrected chi connectivity index (χ4v) is 1.94. The van der Waals surface area contributed by atoms with Gasteiger partial charge in [0.2, 0.25) is 5.91 Å². The lowest BCUT2D eigenvalue weighted by molar-refractivity contribution is -0.116. The van der Waals surface area contributed by atoms with Crippen LogP contribution >= 0.6 is 11.6 Å². The zero-order valence-corrected chi connectivity index (χ0v) is 11.9. The van der Waals surface area contributed by atoms with Gasteiger partial charge in [0.05, 0.1) is 5.69 Å². The number of hydrogen-bond acceptors (Lipinski definition) is 1. The summed E-state index contributed by atoms with van der Waals surface area (Å²) in [4.78, 5) is 13.2. The Morgan fingerprint density at radius 1 is 1.05 bits per heavy atom. The van der Waals surface area contributed by atoms with Crippen molar-refractivity contribution in [2.75, 3.05) is 17.8 Å². The van der Waals surface area contributed by atoms with Gasteiger partial charge in [0.15, 0.2) is 0 Å². The van der Waals surface area contributed by atoms with Crippen molar-refractivity contribution in [3.63, 3.8) is 0 Å². The van der Waals surface area contributed by atoms with Crippen molar-refractivity contribution in [3.05, 3.63) is 65.7 Å². The third-order valence-electron chi connectivity index (χ3n) is 2.87. The minimum Gasteiger partial charge on any atom is -0.313 e. The standard InChI is InChI=1S/C17H14ClNO/c1-19(17(20)13-18)16-10-6-5-9-15(16)12-11-14-7-3-2-4-8-14/h2-10H,13H2,1H3. The van der Waals surface area contributed by atoms with E-state index in [1.54, 1.807) is 7.05 Å². The molecule has 0 fully saturated rings. The average molecular weight is 284 g/mol. The lowest BCUT2D eigenvalue weighted by Crippen LogP contribution is -2.27. The molecule has 0 atom stereocenters. The molecule has 0 saturated heterocycles. The Labute approximate surface area is 124 Å². The SMILES string of the molecule is CN(C(=O)CCl)c1ccccc1C#Cc1ccccc1. The maximum absolute atomic E-state index is 11.7. The van der Waals surface area contributed by atoms with Crippen LogP contribution in [0.3, 0.4) is 0 Å². The third-order valence-corrected chi connectivity index (χ3v) is 3.10. The molecular weight excluding hydrogens is 270 g/mol. The minimum atomic E-state index is -0.152. The molecule has 3 heteroatoms. The number of carbonyl (C=O) groups excluding carboxylic acids is 1. The van der Waals surface area contributed by atoms with Crippen molar-refractivity contribution in [3.8, 4) is 11.8 Å². The normalized spacial score (nSPS) is 9.50. The first-order valence-electron chi connectivity index (χ1n) is 6.21. The smallest absolute Gasteiger partial charge is 0.241 e. The summed E-state index contributed by atoms with van der Waals surface area (Å²) in [5, 5.41) is 0. The van der Waals surface area contributed by atoms with Crippen LogP contribution in [0.5, 0.6) is 0 Å². The molecule has 0 aliphatic rings. The summed E-state index contributed by atoms with van der Waals surface area (Å²) in [6, 6.07) is 17.3. The number of amides is 1. The second kappa shape index (κ2) is 6.79. The van der Waals surface area contributed by atoms with Gasteiger partial charge in [-0.25, -0.2) is 0 Å². The van der Waals surface area contributed by atoms with Gasteiger partial charge in [0.1, 0.15) is 5.88 Å². The van der Waals surface area contributed by atoms with E-state index in [0.717, 1.165) is 16.8 Å². The Balaban J connectivity index is 2.34. The first kappa shape index (κ1) is 14.2. The van der Waals surface area contributed by atoms with Crippen LogP contribution in [-0.2, 0) is 4.79 Å². The quantitative estimate of drug-likeness (QED) is 0.612. The van der Waals surface area contributed by atoms with Crippen molar-refractivity contribution >= 4 is 23.2 Å². The Kier molecular flexibility index (Phi) is 4.81. The largest absolute Gasteiger partial charge is 0.313 e. The van der Waals surface area contributed by atoms with Crippen molar-refractivity contribution in [2.24, 2.45) is 0 Å². The summed E-state index contributed by atoms with van der Waals surface area (Å²) in [5.74, 6) is 6.00. The van der Waals surface area contributed by atoms with Crippen LogP contribution < -0.4 is 4.90 Å². The summed E-state index contributed by atoms with van der Waals surface area (Å²) in [7, 11) is 1.70. The van der Waals surface area contributed by atoms with Crippen molar-refractivity contribution < 1.29 is 4.79 Å². The van der Waals surface area contributed by atoms with E-state index in [4.69, 9.17) is 11.6 Å². The number of benzene rings is 2. The molecule has 0 bridgehead atoms. The van der Waals surface area contributed by atoms with Gasteiger partial charge in [0, 0.05) is 18.2 Å². The second-order valence-corrected chi connectivity index (χ2v) is 4.49. The topological polar surface area (TPSA) is 20.3 Å². The summed E-state index contributed by atoms with van der Waals surface area (Å²) in [5.41, 5.74) is 2.51. The maximum Gasteiger partial charge on any atom is 0.241 e. The molecule has 0 aliphatic carbocycles. The maximum atomic E-state index is 11.7. The Bertz CT molecular complexity index is 655. The number of alkyl halides is 1. The van der Waals surface area contributed by atoms with Gasteiger partial charge in [-0.1, -0.05) is 42.2 Å². The van der Waals surface area contributed by atoms with Crippen LogP contribution in [0.4, 0.5) is 5.69 Å². The Morgan fingerprint density at radius 2 is 1.70 bits per heavy atom. The van der Waals surface area contributed by atoms with Crippen LogP contribution in [0.2, 0.25) is 0 Å². The molecule has 2 rings (SSSR count). The number of anilines is 1. The van der Waals surface area contributed by atoms with Crippen molar-refractivity contribution in [1.82, 2.24) is 0 Å². The van der Waals surface area contributed by atoms with E-state index in [1.165, 1.54) is 4.90 Å². The van der Waals surface area contributed by atoms with E-state index in [1.807, 2.05) is 54.6 Å². The molecule has 100 valence electrons. The first-order valence-corrected chi connectivity index (χ1v) is 6.74. The number of hydrogen-bond donors (Lipinski definition) is 0. The minimum absolute atomic E-state index is 0.0447. The molecule has 0 unspecified atom stereocenters. The molecule has 0 radical (unpaired) electrons. The molecule has 2 nitrogen and oxygen atoms in total. The lowest BCUT2D eigenvalue weighted by atomic mass is 10.1. The van der Waals surface area contributed by atoms with Crippen LogP contribution in [0.1, 0.15) is 11.1 Å². The van der Waals surface area contributed by atoms with Crippen LogP contribution in [0, 0.1) is 11.8 Å². The number of rotatable bonds is 2. The summed E-state index contributed by atoms with van der Waals surface area (Å²) in [6.45, 7) is 0. The molecular formula is C17H14ClNO. The summed E-state index contributed by atoms with van der Waals surface area (Å²) < 4.78 is 0. The fourth-order valence-electron chi connectivity index (χ4n) is 1.76. The highest BCUT2D eigenvalue weighted by atomic mass is 35.5. The zero-order chi connectivity index (χ0) is 14.4. The van der Waals surface area contributed by atoms with Gasteiger partial charge in [-0.2, -0.15) is 0 Å². The van der Waals surface area contributed by atoms with E-state index < -0.39 is 0 Å². The lowest BCUT2D eigenvalue weighted by Gasteiger charge is -2.17. The van der Waals surface area contributed by atoms with E-state index in [0.29, 0.717) is 0 Å². The van der Waals surface area contributed by atoms with Crippen molar-refractivity contribution in [1.29, 1.82) is 0 Å². The zero-order valence-electron chi connectivity index (χ0n) is 11.1. The van der Waals surface area contributed by atoms with E-state index in [2.05, 4.69) is 11.8 Å². The van der Waals surface area contributed by atoms with Crippen molar-refractivity contribution in [2.45, 2.75) is 0 Å². The van der Waals surface area contributed by atoms with E-state index in [9.17, 15) is 4.79 Å². The molecule has 20 heavy (non-hydrogen) atoms. The highest BCUT2D eigenvalue weighted by molar-refractivity contribution is 6.29. The van der Waals surface area contributed by atoms with E-state index >= 15 is 0 Å². The van der Waals surface area contributed by atoms with Gasteiger partial charge in [0.25, 0.3) is 0 Å². The van der Waals surface area contributed by atoms with Crippen LogP contribution in [0.25, 0.3) is 0 Å². The molecule has 0 N–H and O–H groups in total. The number of nitrogens with zero attached hydrogens (tertiary/aromatic N) is 1.